The Morgan fingerprint density at radius 2 is 1.34 bits per heavy atom. The van der Waals surface area contributed by atoms with Crippen LogP contribution in [0.1, 0.15) is 72.0 Å². The number of hydrogen-bond acceptors (Lipinski definition) is 3. The number of carbonyl (C=O) groups is 1. The van der Waals surface area contributed by atoms with Crippen molar-refractivity contribution in [3.63, 3.8) is 0 Å². The maximum atomic E-state index is 13.7. The van der Waals surface area contributed by atoms with Gasteiger partial charge in [0, 0.05) is 29.2 Å². The van der Waals surface area contributed by atoms with E-state index in [0.717, 1.165) is 61.9 Å². The molecule has 0 aliphatic rings. The third kappa shape index (κ3) is 9.60. The average Bonchev–Trinajstić information content (AvgIpc) is 3.06. The molecular formula is C37H37F6NO3. The van der Waals surface area contributed by atoms with Crippen LogP contribution in [0, 0.1) is 0 Å². The Labute approximate surface area is 270 Å². The van der Waals surface area contributed by atoms with Crippen molar-refractivity contribution < 1.29 is 41.0 Å². The maximum absolute atomic E-state index is 13.7. The number of alkyl halides is 6. The van der Waals surface area contributed by atoms with Crippen LogP contribution in [0.3, 0.4) is 0 Å². The monoisotopic (exact) mass is 657 g/mol. The summed E-state index contributed by atoms with van der Waals surface area (Å²) in [5.74, 6) is -0.614. The van der Waals surface area contributed by atoms with Gasteiger partial charge in [0.1, 0.15) is 12.4 Å². The van der Waals surface area contributed by atoms with Crippen molar-refractivity contribution in [3.05, 3.63) is 113 Å². The third-order valence-corrected chi connectivity index (χ3v) is 7.88. The second kappa shape index (κ2) is 16.0. The van der Waals surface area contributed by atoms with Gasteiger partial charge in [-0.05, 0) is 59.5 Å². The van der Waals surface area contributed by atoms with Gasteiger partial charge in [-0.2, -0.15) is 26.3 Å². The van der Waals surface area contributed by atoms with Crippen LogP contribution >= 0.6 is 0 Å². The van der Waals surface area contributed by atoms with Gasteiger partial charge in [-0.1, -0.05) is 87.2 Å². The van der Waals surface area contributed by atoms with E-state index in [2.05, 4.69) is 12.2 Å². The first kappa shape index (κ1) is 35.5. The van der Waals surface area contributed by atoms with Crippen molar-refractivity contribution in [2.45, 2.75) is 57.3 Å². The minimum absolute atomic E-state index is 0.00459. The van der Waals surface area contributed by atoms with Gasteiger partial charge < -0.3 is 15.2 Å². The summed E-state index contributed by atoms with van der Waals surface area (Å²) in [6, 6.07) is 21.2. The molecule has 1 unspecified atom stereocenters. The fourth-order valence-electron chi connectivity index (χ4n) is 5.47. The van der Waals surface area contributed by atoms with Crippen molar-refractivity contribution in [2.75, 3.05) is 19.8 Å². The SMILES string of the molecule is CCCCCCC(CNC(=O)c1cc(-c2cccc(C(F)(F)F)c2)c(OCCO)c(-c2cccc(C(F)(F)F)c2)c1)c1ccccc1. The van der Waals surface area contributed by atoms with E-state index < -0.39 is 36.0 Å². The molecular weight excluding hydrogens is 620 g/mol. The van der Waals surface area contributed by atoms with Gasteiger partial charge in [-0.15, -0.1) is 0 Å². The summed E-state index contributed by atoms with van der Waals surface area (Å²) >= 11 is 0. The van der Waals surface area contributed by atoms with Gasteiger partial charge in [-0.3, -0.25) is 4.79 Å². The van der Waals surface area contributed by atoms with Crippen LogP contribution in [-0.2, 0) is 12.4 Å². The average molecular weight is 658 g/mol. The molecule has 4 nitrogen and oxygen atoms in total. The molecule has 0 fully saturated rings. The predicted molar refractivity (Wildman–Crippen MR) is 170 cm³/mol. The van der Waals surface area contributed by atoms with Crippen LogP contribution in [0.4, 0.5) is 26.3 Å². The Bertz CT molecular complexity index is 1540. The lowest BCUT2D eigenvalue weighted by molar-refractivity contribution is -0.138. The van der Waals surface area contributed by atoms with E-state index in [1.165, 1.54) is 36.4 Å². The summed E-state index contributed by atoms with van der Waals surface area (Å²) in [5.41, 5.74) is -0.639. The molecule has 4 aromatic carbocycles. The molecule has 4 rings (SSSR count). The standard InChI is InChI=1S/C37H37F6NO3/c1-2-3-4-6-13-28(25-11-7-5-8-12-25)24-44-35(46)29-22-32(26-14-9-16-30(20-26)36(38,39)40)34(47-19-18-45)33(23-29)27-15-10-17-31(21-27)37(41,42)43/h5,7-12,14-17,20-23,28,45H,2-4,6,13,18-19,24H2,1H3,(H,44,46). The van der Waals surface area contributed by atoms with E-state index in [-0.39, 0.29) is 52.6 Å². The fraction of sp³-hybridized carbons (Fsp3) is 0.324. The molecule has 1 atom stereocenters. The predicted octanol–water partition coefficient (Wildman–Crippen LogP) is 9.91. The molecule has 0 radical (unpaired) electrons. The highest BCUT2D eigenvalue weighted by Gasteiger charge is 2.32. The van der Waals surface area contributed by atoms with Crippen molar-refractivity contribution in [2.24, 2.45) is 0 Å². The zero-order valence-corrected chi connectivity index (χ0v) is 25.9. The van der Waals surface area contributed by atoms with E-state index in [4.69, 9.17) is 4.74 Å². The topological polar surface area (TPSA) is 58.6 Å². The van der Waals surface area contributed by atoms with E-state index in [0.29, 0.717) is 0 Å². The Balaban J connectivity index is 1.81. The van der Waals surface area contributed by atoms with Gasteiger partial charge in [0.2, 0.25) is 0 Å². The van der Waals surface area contributed by atoms with Gasteiger partial charge in [0.25, 0.3) is 5.91 Å². The Kier molecular flexibility index (Phi) is 12.1. The number of aliphatic hydroxyl groups excluding tert-OH is 1. The largest absolute Gasteiger partial charge is 0.490 e. The van der Waals surface area contributed by atoms with E-state index in [1.807, 2.05) is 30.3 Å². The zero-order valence-electron chi connectivity index (χ0n) is 25.9. The summed E-state index contributed by atoms with van der Waals surface area (Å²) in [4.78, 5) is 13.7. The van der Waals surface area contributed by atoms with Crippen LogP contribution in [-0.4, -0.2) is 30.8 Å². The summed E-state index contributed by atoms with van der Waals surface area (Å²) in [7, 11) is 0. The number of hydrogen-bond donors (Lipinski definition) is 2. The molecule has 0 heterocycles. The number of carbonyl (C=O) groups excluding carboxylic acids is 1. The summed E-state index contributed by atoms with van der Waals surface area (Å²) < 4.78 is 88.0. The lowest BCUT2D eigenvalue weighted by Gasteiger charge is -2.21. The molecule has 250 valence electrons. The number of rotatable bonds is 14. The molecule has 0 aromatic heterocycles. The maximum Gasteiger partial charge on any atom is 0.416 e. The van der Waals surface area contributed by atoms with E-state index in [9.17, 15) is 36.2 Å². The number of benzene rings is 4. The molecule has 0 saturated heterocycles. The first-order chi connectivity index (χ1) is 22.4. The minimum Gasteiger partial charge on any atom is -0.490 e. The molecule has 1 amide bonds. The number of nitrogens with one attached hydrogen (secondary N) is 1. The summed E-state index contributed by atoms with van der Waals surface area (Å²) in [6.45, 7) is 1.64. The second-order valence-electron chi connectivity index (χ2n) is 11.3. The quantitative estimate of drug-likeness (QED) is 0.105. The highest BCUT2D eigenvalue weighted by molar-refractivity contribution is 5.99. The van der Waals surface area contributed by atoms with Crippen molar-refractivity contribution in [3.8, 4) is 28.0 Å². The lowest BCUT2D eigenvalue weighted by Crippen LogP contribution is -2.28. The first-order valence-corrected chi connectivity index (χ1v) is 15.5. The Morgan fingerprint density at radius 3 is 1.85 bits per heavy atom. The van der Waals surface area contributed by atoms with Crippen LogP contribution in [0.5, 0.6) is 5.75 Å². The van der Waals surface area contributed by atoms with E-state index >= 15 is 0 Å². The van der Waals surface area contributed by atoms with Crippen molar-refractivity contribution in [1.29, 1.82) is 0 Å². The molecule has 4 aromatic rings. The molecule has 0 spiro atoms. The van der Waals surface area contributed by atoms with Gasteiger partial charge >= 0.3 is 12.4 Å². The number of ether oxygens (including phenoxy) is 1. The zero-order chi connectivity index (χ0) is 34.0. The Morgan fingerprint density at radius 1 is 0.766 bits per heavy atom. The number of halogens is 6. The van der Waals surface area contributed by atoms with Gasteiger partial charge in [0.15, 0.2) is 0 Å². The molecule has 47 heavy (non-hydrogen) atoms. The number of aliphatic hydroxyl groups is 1. The van der Waals surface area contributed by atoms with Crippen LogP contribution in [0.25, 0.3) is 22.3 Å². The third-order valence-electron chi connectivity index (χ3n) is 7.88. The molecule has 0 bridgehead atoms. The molecule has 2 N–H and O–H groups in total. The number of unbranched alkanes of at least 4 members (excludes halogenated alkanes) is 3. The first-order valence-electron chi connectivity index (χ1n) is 15.5. The second-order valence-corrected chi connectivity index (χ2v) is 11.3. The minimum atomic E-state index is -4.68. The smallest absolute Gasteiger partial charge is 0.416 e. The van der Waals surface area contributed by atoms with Crippen LogP contribution < -0.4 is 10.1 Å². The van der Waals surface area contributed by atoms with Gasteiger partial charge in [0.05, 0.1) is 17.7 Å². The molecule has 10 heteroatoms. The highest BCUT2D eigenvalue weighted by atomic mass is 19.4. The van der Waals surface area contributed by atoms with Crippen molar-refractivity contribution in [1.82, 2.24) is 5.32 Å². The van der Waals surface area contributed by atoms with E-state index in [1.54, 1.807) is 0 Å². The van der Waals surface area contributed by atoms with Crippen molar-refractivity contribution >= 4 is 5.91 Å². The summed E-state index contributed by atoms with van der Waals surface area (Å²) in [5, 5.41) is 12.5. The highest BCUT2D eigenvalue weighted by Crippen LogP contribution is 2.43. The molecule has 0 saturated carbocycles. The normalized spacial score (nSPS) is 12.5. The van der Waals surface area contributed by atoms with Gasteiger partial charge in [-0.25, -0.2) is 0 Å². The Hall–Kier alpha value is -4.31. The molecule has 0 aliphatic carbocycles. The van der Waals surface area contributed by atoms with Crippen LogP contribution in [0.2, 0.25) is 0 Å². The lowest BCUT2D eigenvalue weighted by atomic mass is 9.91. The molecule has 0 aliphatic heterocycles. The van der Waals surface area contributed by atoms with Crippen LogP contribution in [0.15, 0.2) is 91.0 Å². The summed E-state index contributed by atoms with van der Waals surface area (Å²) in [6.07, 6.45) is -4.36. The fourth-order valence-corrected chi connectivity index (χ4v) is 5.47. The number of amides is 1.